The Kier molecular flexibility index (Phi) is 5.45. The Morgan fingerprint density at radius 1 is 1.28 bits per heavy atom. The molecule has 7 heteroatoms. The minimum Gasteiger partial charge on any atom is -0.480 e. The molecule has 1 aliphatic rings. The Hall–Kier alpha value is -2.67. The highest BCUT2D eigenvalue weighted by Crippen LogP contribution is 2.17. The number of anilines is 1. The third-order valence-electron chi connectivity index (χ3n) is 4.15. The van der Waals surface area contributed by atoms with Gasteiger partial charge in [-0.15, -0.1) is 0 Å². The molecule has 0 saturated carbocycles. The summed E-state index contributed by atoms with van der Waals surface area (Å²) in [5, 5.41) is 8.82. The van der Waals surface area contributed by atoms with Crippen molar-refractivity contribution in [3.8, 4) is 0 Å². The summed E-state index contributed by atoms with van der Waals surface area (Å²) in [7, 11) is 0. The maximum Gasteiger partial charge on any atom is 0.323 e. The van der Waals surface area contributed by atoms with E-state index >= 15 is 0 Å². The summed E-state index contributed by atoms with van der Waals surface area (Å²) in [4.78, 5) is 28.9. The quantitative estimate of drug-likeness (QED) is 0.724. The van der Waals surface area contributed by atoms with E-state index < -0.39 is 5.97 Å². The molecule has 0 radical (unpaired) electrons. The summed E-state index contributed by atoms with van der Waals surface area (Å²) in [6.45, 7) is 1.52. The Morgan fingerprint density at radius 3 is 2.76 bits per heavy atom. The number of hydrogen-bond donors (Lipinski definition) is 1. The summed E-state index contributed by atoms with van der Waals surface area (Å²) < 4.78 is 6.97. The molecule has 132 valence electrons. The fourth-order valence-corrected chi connectivity index (χ4v) is 2.81. The van der Waals surface area contributed by atoms with Crippen LogP contribution < -0.4 is 10.5 Å². The third-order valence-corrected chi connectivity index (χ3v) is 4.15. The number of aryl methyl sites for hydroxylation is 1. The highest BCUT2D eigenvalue weighted by molar-refractivity contribution is 5.66. The minimum atomic E-state index is -1.05. The lowest BCUT2D eigenvalue weighted by Crippen LogP contribution is -2.54. The predicted molar refractivity (Wildman–Crippen MR) is 92.8 cm³/mol. The lowest BCUT2D eigenvalue weighted by molar-refractivity contribution is -0.137. The van der Waals surface area contributed by atoms with E-state index in [-0.39, 0.29) is 24.0 Å². The highest BCUT2D eigenvalue weighted by atomic mass is 16.5. The van der Waals surface area contributed by atoms with Crippen LogP contribution >= 0.6 is 0 Å². The molecule has 1 aromatic carbocycles. The first-order chi connectivity index (χ1) is 12.1. The molecule has 3 rings (SSSR count). The zero-order chi connectivity index (χ0) is 17.6. The van der Waals surface area contributed by atoms with Gasteiger partial charge in [0.05, 0.1) is 6.10 Å². The van der Waals surface area contributed by atoms with Crippen molar-refractivity contribution >= 4 is 11.8 Å². The second-order valence-corrected chi connectivity index (χ2v) is 6.06. The number of carboxylic acids is 1. The van der Waals surface area contributed by atoms with Gasteiger partial charge in [0.25, 0.3) is 5.56 Å². The first-order valence-electron chi connectivity index (χ1n) is 8.31. The van der Waals surface area contributed by atoms with Crippen molar-refractivity contribution in [3.63, 3.8) is 0 Å². The molecule has 1 aliphatic heterocycles. The number of ether oxygens (including phenoxy) is 1. The fraction of sp³-hybridized carbons (Fsp3) is 0.389. The van der Waals surface area contributed by atoms with Gasteiger partial charge in [-0.25, -0.2) is 4.98 Å². The van der Waals surface area contributed by atoms with E-state index in [2.05, 4.69) is 17.1 Å². The molecule has 0 amide bonds. The van der Waals surface area contributed by atoms with Gasteiger partial charge in [-0.3, -0.25) is 14.2 Å². The van der Waals surface area contributed by atoms with Gasteiger partial charge < -0.3 is 14.7 Å². The van der Waals surface area contributed by atoms with Crippen LogP contribution in [0.5, 0.6) is 0 Å². The van der Waals surface area contributed by atoms with Crippen LogP contribution in [0, 0.1) is 0 Å². The van der Waals surface area contributed by atoms with E-state index in [0.29, 0.717) is 19.7 Å². The second kappa shape index (κ2) is 7.94. The van der Waals surface area contributed by atoms with Crippen LogP contribution in [0.3, 0.4) is 0 Å². The van der Waals surface area contributed by atoms with Crippen molar-refractivity contribution in [1.82, 2.24) is 9.55 Å². The number of rotatable bonds is 8. The summed E-state index contributed by atoms with van der Waals surface area (Å²) in [5.41, 5.74) is 0.918. The van der Waals surface area contributed by atoms with Crippen LogP contribution in [0.1, 0.15) is 12.0 Å². The van der Waals surface area contributed by atoms with E-state index in [1.807, 2.05) is 23.1 Å². The maximum atomic E-state index is 12.2. The molecule has 0 atom stereocenters. The number of aromatic nitrogens is 2. The average Bonchev–Trinajstić information content (AvgIpc) is 2.56. The van der Waals surface area contributed by atoms with Crippen molar-refractivity contribution in [2.45, 2.75) is 25.5 Å². The van der Waals surface area contributed by atoms with Gasteiger partial charge in [0.2, 0.25) is 0 Å². The monoisotopic (exact) mass is 343 g/mol. The fourth-order valence-electron chi connectivity index (χ4n) is 2.81. The molecule has 0 bridgehead atoms. The maximum absolute atomic E-state index is 12.2. The minimum absolute atomic E-state index is 0.0881. The van der Waals surface area contributed by atoms with E-state index in [9.17, 15) is 9.59 Å². The molecule has 2 aromatic rings. The van der Waals surface area contributed by atoms with Gasteiger partial charge >= 0.3 is 5.97 Å². The summed E-state index contributed by atoms with van der Waals surface area (Å²) >= 11 is 0. The van der Waals surface area contributed by atoms with Crippen LogP contribution in [0.2, 0.25) is 0 Å². The lowest BCUT2D eigenvalue weighted by Gasteiger charge is -2.39. The van der Waals surface area contributed by atoms with Gasteiger partial charge in [0, 0.05) is 32.1 Å². The number of hydrogen-bond acceptors (Lipinski definition) is 5. The molecule has 1 N–H and O–H groups in total. The zero-order valence-electron chi connectivity index (χ0n) is 13.9. The van der Waals surface area contributed by atoms with Crippen LogP contribution in [-0.2, 0) is 22.5 Å². The SMILES string of the molecule is O=C(O)Cn1ccnc(N2CC(OCCCc3ccccc3)C2)c1=O. The van der Waals surface area contributed by atoms with E-state index in [1.54, 1.807) is 0 Å². The Morgan fingerprint density at radius 2 is 2.04 bits per heavy atom. The van der Waals surface area contributed by atoms with Crippen LogP contribution in [-0.4, -0.2) is 46.4 Å². The zero-order valence-corrected chi connectivity index (χ0v) is 13.9. The first-order valence-corrected chi connectivity index (χ1v) is 8.31. The Balaban J connectivity index is 1.43. The van der Waals surface area contributed by atoms with Crippen molar-refractivity contribution in [3.05, 3.63) is 58.6 Å². The average molecular weight is 343 g/mol. The molecule has 0 unspecified atom stereocenters. The smallest absolute Gasteiger partial charge is 0.323 e. The number of nitrogens with zero attached hydrogens (tertiary/aromatic N) is 3. The molecule has 1 fully saturated rings. The molecule has 2 heterocycles. The molecule has 1 aromatic heterocycles. The molecular formula is C18H21N3O4. The van der Waals surface area contributed by atoms with Gasteiger partial charge in [0.1, 0.15) is 6.54 Å². The van der Waals surface area contributed by atoms with Gasteiger partial charge in [-0.2, -0.15) is 0 Å². The molecule has 0 aliphatic carbocycles. The second-order valence-electron chi connectivity index (χ2n) is 6.06. The number of benzene rings is 1. The van der Waals surface area contributed by atoms with Crippen LogP contribution in [0.4, 0.5) is 5.82 Å². The molecule has 1 saturated heterocycles. The summed E-state index contributed by atoms with van der Waals surface area (Å²) in [6, 6.07) is 10.3. The Labute approximate surface area is 145 Å². The normalized spacial score (nSPS) is 14.3. The molecule has 0 spiro atoms. The topological polar surface area (TPSA) is 84.7 Å². The largest absolute Gasteiger partial charge is 0.480 e. The van der Waals surface area contributed by atoms with Crippen LogP contribution in [0.15, 0.2) is 47.5 Å². The standard InChI is InChI=1S/C18H21N3O4/c22-16(23)13-20-9-8-19-17(18(20)24)21-11-15(12-21)25-10-4-7-14-5-2-1-3-6-14/h1-3,5-6,8-9,15H,4,7,10-13H2,(H,22,23). The van der Waals surface area contributed by atoms with E-state index in [1.165, 1.54) is 18.0 Å². The lowest BCUT2D eigenvalue weighted by atomic mass is 10.1. The summed E-state index contributed by atoms with van der Waals surface area (Å²) in [5.74, 6) is -0.768. The van der Waals surface area contributed by atoms with E-state index in [4.69, 9.17) is 9.84 Å². The molecular weight excluding hydrogens is 322 g/mol. The van der Waals surface area contributed by atoms with E-state index in [0.717, 1.165) is 17.4 Å². The molecule has 25 heavy (non-hydrogen) atoms. The third kappa shape index (κ3) is 4.45. The predicted octanol–water partition coefficient (Wildman–Crippen LogP) is 1.17. The molecule has 7 nitrogen and oxygen atoms in total. The number of carboxylic acid groups (broad SMARTS) is 1. The van der Waals surface area contributed by atoms with Gasteiger partial charge in [-0.05, 0) is 18.4 Å². The van der Waals surface area contributed by atoms with Crippen molar-refractivity contribution < 1.29 is 14.6 Å². The Bertz CT molecular complexity index is 769. The first kappa shape index (κ1) is 17.2. The number of aliphatic carboxylic acids is 1. The van der Waals surface area contributed by atoms with Gasteiger partial charge in [-0.1, -0.05) is 30.3 Å². The number of carbonyl (C=O) groups is 1. The van der Waals surface area contributed by atoms with Crippen molar-refractivity contribution in [2.24, 2.45) is 0 Å². The van der Waals surface area contributed by atoms with Gasteiger partial charge in [0.15, 0.2) is 5.82 Å². The highest BCUT2D eigenvalue weighted by Gasteiger charge is 2.30. The summed E-state index contributed by atoms with van der Waals surface area (Å²) in [6.07, 6.45) is 4.86. The van der Waals surface area contributed by atoms with Crippen LogP contribution in [0.25, 0.3) is 0 Å². The van der Waals surface area contributed by atoms with Crippen molar-refractivity contribution in [2.75, 3.05) is 24.6 Å². The van der Waals surface area contributed by atoms with Crippen molar-refractivity contribution in [1.29, 1.82) is 0 Å².